The number of sulfonamides is 1. The maximum Gasteiger partial charge on any atom is 0.337 e. The molecule has 1 amide bonds. The van der Waals surface area contributed by atoms with Crippen molar-refractivity contribution in [3.05, 3.63) is 29.8 Å². The lowest BCUT2D eigenvalue weighted by Crippen LogP contribution is -2.46. The monoisotopic (exact) mass is 394 g/mol. The molecule has 8 heteroatoms. The number of carboxylic acid groups (broad SMARTS) is 1. The van der Waals surface area contributed by atoms with E-state index in [1.165, 1.54) is 28.6 Å². The van der Waals surface area contributed by atoms with E-state index in [4.69, 9.17) is 0 Å². The highest BCUT2D eigenvalue weighted by atomic mass is 32.2. The molecule has 1 aliphatic carbocycles. The number of nitrogens with zero attached hydrogens (tertiary/aromatic N) is 1. The van der Waals surface area contributed by atoms with Crippen molar-refractivity contribution < 1.29 is 23.1 Å². The van der Waals surface area contributed by atoms with E-state index in [2.05, 4.69) is 12.2 Å². The summed E-state index contributed by atoms with van der Waals surface area (Å²) >= 11 is 0. The number of aromatic carboxylic acids is 1. The molecule has 1 saturated carbocycles. The smallest absolute Gasteiger partial charge is 0.337 e. The summed E-state index contributed by atoms with van der Waals surface area (Å²) < 4.78 is 27.0. The zero-order valence-corrected chi connectivity index (χ0v) is 16.2. The van der Waals surface area contributed by atoms with Gasteiger partial charge in [-0.1, -0.05) is 25.5 Å². The molecule has 1 aromatic carbocycles. The van der Waals surface area contributed by atoms with Gasteiger partial charge in [-0.2, -0.15) is 4.31 Å². The summed E-state index contributed by atoms with van der Waals surface area (Å²) in [6, 6.07) is 5.85. The molecule has 2 fully saturated rings. The van der Waals surface area contributed by atoms with Gasteiger partial charge in [0.15, 0.2) is 0 Å². The highest BCUT2D eigenvalue weighted by Gasteiger charge is 2.35. The van der Waals surface area contributed by atoms with E-state index in [-0.39, 0.29) is 41.4 Å². The van der Waals surface area contributed by atoms with Crippen LogP contribution in [0.25, 0.3) is 0 Å². The third kappa shape index (κ3) is 4.16. The largest absolute Gasteiger partial charge is 0.478 e. The number of carbonyl (C=O) groups excluding carboxylic acids is 1. The molecule has 148 valence electrons. The lowest BCUT2D eigenvalue weighted by molar-refractivity contribution is -0.127. The topological polar surface area (TPSA) is 104 Å². The number of rotatable bonds is 5. The Hall–Kier alpha value is -1.93. The first-order valence-electron chi connectivity index (χ1n) is 9.43. The minimum atomic E-state index is -3.90. The highest BCUT2D eigenvalue weighted by molar-refractivity contribution is 7.89. The minimum absolute atomic E-state index is 0.0109. The number of hydrogen-bond acceptors (Lipinski definition) is 4. The second-order valence-electron chi connectivity index (χ2n) is 7.50. The van der Waals surface area contributed by atoms with Gasteiger partial charge in [0.2, 0.25) is 15.9 Å². The normalized spacial score (nSPS) is 24.6. The molecule has 2 N–H and O–H groups in total. The fourth-order valence-corrected chi connectivity index (χ4v) is 5.68. The van der Waals surface area contributed by atoms with Crippen molar-refractivity contribution in [1.82, 2.24) is 9.62 Å². The number of benzene rings is 1. The van der Waals surface area contributed by atoms with Gasteiger partial charge in [0, 0.05) is 25.0 Å². The highest BCUT2D eigenvalue weighted by Crippen LogP contribution is 2.28. The van der Waals surface area contributed by atoms with E-state index in [0.29, 0.717) is 18.8 Å². The Morgan fingerprint density at radius 1 is 1.11 bits per heavy atom. The van der Waals surface area contributed by atoms with Gasteiger partial charge < -0.3 is 10.4 Å². The summed E-state index contributed by atoms with van der Waals surface area (Å²) in [5.41, 5.74) is -0.229. The lowest BCUT2D eigenvalue weighted by atomic mass is 9.96. The Labute approximate surface area is 159 Å². The summed E-state index contributed by atoms with van der Waals surface area (Å²) in [7, 11) is -3.90. The van der Waals surface area contributed by atoms with Crippen LogP contribution in [0.4, 0.5) is 0 Å². The Morgan fingerprint density at radius 3 is 2.37 bits per heavy atom. The average Bonchev–Trinajstić information content (AvgIpc) is 3.06. The first-order chi connectivity index (χ1) is 12.8. The molecule has 2 atom stereocenters. The van der Waals surface area contributed by atoms with Gasteiger partial charge in [-0.15, -0.1) is 0 Å². The van der Waals surface area contributed by atoms with Gasteiger partial charge in [-0.05, 0) is 43.7 Å². The zero-order chi connectivity index (χ0) is 19.6. The van der Waals surface area contributed by atoms with Gasteiger partial charge in [0.25, 0.3) is 0 Å². The molecule has 7 nitrogen and oxygen atoms in total. The fraction of sp³-hybridized carbons (Fsp3) is 0.579. The molecule has 0 radical (unpaired) electrons. The van der Waals surface area contributed by atoms with E-state index in [9.17, 15) is 23.1 Å². The molecule has 0 spiro atoms. The van der Waals surface area contributed by atoms with Crippen LogP contribution in [0.5, 0.6) is 0 Å². The summed E-state index contributed by atoms with van der Waals surface area (Å²) in [5.74, 6) is -0.966. The second kappa shape index (κ2) is 7.98. The molecule has 2 aliphatic rings. The number of nitrogens with one attached hydrogen (secondary N) is 1. The van der Waals surface area contributed by atoms with Crippen LogP contribution >= 0.6 is 0 Å². The number of carbonyl (C=O) groups is 2. The van der Waals surface area contributed by atoms with Crippen molar-refractivity contribution >= 4 is 21.9 Å². The standard InChI is InChI=1S/C19H26N2O5S/c1-13-5-4-7-16(13)20-18(22)14-9-11-21(12-10-14)27(25,26)17-8-3-2-6-15(17)19(23)24/h2-3,6,8,13-14,16H,4-5,7,9-12H2,1H3,(H,20,22)(H,23,24). The van der Waals surface area contributed by atoms with Gasteiger partial charge in [0.05, 0.1) is 10.5 Å². The summed E-state index contributed by atoms with van der Waals surface area (Å²) in [6.07, 6.45) is 4.16. The van der Waals surface area contributed by atoms with Crippen LogP contribution in [0, 0.1) is 11.8 Å². The first kappa shape index (κ1) is 19.8. The SMILES string of the molecule is CC1CCCC1NC(=O)C1CCN(S(=O)(=O)c2ccccc2C(=O)O)CC1. The van der Waals surface area contributed by atoms with Crippen LogP contribution in [0.2, 0.25) is 0 Å². The van der Waals surface area contributed by atoms with Crippen LogP contribution < -0.4 is 5.32 Å². The molecular formula is C19H26N2O5S. The quantitative estimate of drug-likeness (QED) is 0.796. The van der Waals surface area contributed by atoms with Crippen LogP contribution in [0.15, 0.2) is 29.2 Å². The van der Waals surface area contributed by atoms with Crippen LogP contribution in [-0.4, -0.2) is 48.8 Å². The van der Waals surface area contributed by atoms with E-state index in [1.54, 1.807) is 0 Å². The van der Waals surface area contributed by atoms with Crippen molar-refractivity contribution in [2.45, 2.75) is 50.0 Å². The molecule has 1 heterocycles. The average molecular weight is 394 g/mol. The Balaban J connectivity index is 1.65. The molecule has 3 rings (SSSR count). The van der Waals surface area contributed by atoms with Gasteiger partial charge in [-0.3, -0.25) is 4.79 Å². The third-order valence-electron chi connectivity index (χ3n) is 5.75. The minimum Gasteiger partial charge on any atom is -0.478 e. The van der Waals surface area contributed by atoms with Crippen LogP contribution in [0.1, 0.15) is 49.4 Å². The Morgan fingerprint density at radius 2 is 1.78 bits per heavy atom. The van der Waals surface area contributed by atoms with E-state index < -0.39 is 16.0 Å². The molecule has 1 saturated heterocycles. The molecule has 27 heavy (non-hydrogen) atoms. The molecule has 1 aromatic rings. The molecular weight excluding hydrogens is 368 g/mol. The molecule has 1 aliphatic heterocycles. The predicted molar refractivity (Wildman–Crippen MR) is 99.8 cm³/mol. The maximum atomic E-state index is 12.9. The van der Waals surface area contributed by atoms with E-state index in [0.717, 1.165) is 19.3 Å². The summed E-state index contributed by atoms with van der Waals surface area (Å²) in [6.45, 7) is 2.58. The maximum absolute atomic E-state index is 12.9. The third-order valence-corrected chi connectivity index (χ3v) is 7.71. The first-order valence-corrected chi connectivity index (χ1v) is 10.9. The van der Waals surface area contributed by atoms with Crippen molar-refractivity contribution in [3.63, 3.8) is 0 Å². The van der Waals surface area contributed by atoms with Crippen LogP contribution in [0.3, 0.4) is 0 Å². The van der Waals surface area contributed by atoms with E-state index >= 15 is 0 Å². The van der Waals surface area contributed by atoms with Gasteiger partial charge in [0.1, 0.15) is 0 Å². The number of carboxylic acids is 1. The molecule has 0 aromatic heterocycles. The van der Waals surface area contributed by atoms with E-state index in [1.807, 2.05) is 0 Å². The van der Waals surface area contributed by atoms with Crippen LogP contribution in [-0.2, 0) is 14.8 Å². The number of piperidine rings is 1. The van der Waals surface area contributed by atoms with Gasteiger partial charge in [-0.25, -0.2) is 13.2 Å². The predicted octanol–water partition coefficient (Wildman–Crippen LogP) is 2.09. The Bertz CT molecular complexity index is 815. The fourth-order valence-electron chi connectivity index (χ4n) is 4.03. The van der Waals surface area contributed by atoms with Crippen molar-refractivity contribution in [3.8, 4) is 0 Å². The number of hydrogen-bond donors (Lipinski definition) is 2. The molecule has 2 unspecified atom stereocenters. The van der Waals surface area contributed by atoms with Crippen molar-refractivity contribution in [2.24, 2.45) is 11.8 Å². The second-order valence-corrected chi connectivity index (χ2v) is 9.41. The molecule has 0 bridgehead atoms. The Kier molecular flexibility index (Phi) is 5.86. The zero-order valence-electron chi connectivity index (χ0n) is 15.4. The lowest BCUT2D eigenvalue weighted by Gasteiger charge is -2.31. The van der Waals surface area contributed by atoms with Gasteiger partial charge >= 0.3 is 5.97 Å². The van der Waals surface area contributed by atoms with Crippen molar-refractivity contribution in [1.29, 1.82) is 0 Å². The summed E-state index contributed by atoms with van der Waals surface area (Å²) in [4.78, 5) is 23.7. The number of amides is 1. The summed E-state index contributed by atoms with van der Waals surface area (Å²) in [5, 5.41) is 12.4. The van der Waals surface area contributed by atoms with Crippen molar-refractivity contribution in [2.75, 3.05) is 13.1 Å².